The highest BCUT2D eigenvalue weighted by molar-refractivity contribution is 9.10. The maximum atomic E-state index is 12.0. The minimum absolute atomic E-state index is 0.137. The predicted molar refractivity (Wildman–Crippen MR) is 89.5 cm³/mol. The lowest BCUT2D eigenvalue weighted by Gasteiger charge is -2.07. The predicted octanol–water partition coefficient (Wildman–Crippen LogP) is 2.78. The maximum absolute atomic E-state index is 12.0. The summed E-state index contributed by atoms with van der Waals surface area (Å²) >= 11 is 4.66. The van der Waals surface area contributed by atoms with Crippen LogP contribution in [0.5, 0.6) is 0 Å². The third-order valence-corrected chi connectivity index (χ3v) is 4.40. The molecule has 0 spiro atoms. The summed E-state index contributed by atoms with van der Waals surface area (Å²) in [6.45, 7) is 2.70. The van der Waals surface area contributed by atoms with E-state index in [-0.39, 0.29) is 18.2 Å². The topological polar surface area (TPSA) is 70.6 Å². The Balaban J connectivity index is 1.88. The number of nitrogens with zero attached hydrogens (tertiary/aromatic N) is 1. The molecule has 112 valence electrons. The molecule has 0 bridgehead atoms. The minimum Gasteiger partial charge on any atom is -0.326 e. The number of benzene rings is 1. The number of carbonyl (C=O) groups excluding carboxylic acids is 2. The fourth-order valence-corrected chi connectivity index (χ4v) is 3.00. The zero-order chi connectivity index (χ0) is 15.2. The van der Waals surface area contributed by atoms with Gasteiger partial charge in [0.25, 0.3) is 0 Å². The third kappa shape index (κ3) is 4.86. The molecule has 0 saturated carbocycles. The van der Waals surface area contributed by atoms with Gasteiger partial charge in [-0.15, -0.1) is 0 Å². The number of nitrogens with one attached hydrogen (secondary N) is 2. The van der Waals surface area contributed by atoms with E-state index >= 15 is 0 Å². The van der Waals surface area contributed by atoms with Crippen molar-refractivity contribution in [3.05, 3.63) is 28.7 Å². The molecule has 1 heterocycles. The lowest BCUT2D eigenvalue weighted by atomic mass is 10.2. The number of thioether (sulfide) groups is 1. The highest BCUT2D eigenvalue weighted by Gasteiger charge is 2.31. The van der Waals surface area contributed by atoms with Crippen molar-refractivity contribution in [2.75, 3.05) is 11.9 Å². The Kier molecular flexibility index (Phi) is 5.81. The number of aliphatic imine (C=N–C) groups is 1. The largest absolute Gasteiger partial charge is 0.326 e. The van der Waals surface area contributed by atoms with Gasteiger partial charge in [-0.2, -0.15) is 0 Å². The molecule has 5 nitrogen and oxygen atoms in total. The highest BCUT2D eigenvalue weighted by Crippen LogP contribution is 2.23. The monoisotopic (exact) mass is 369 g/mol. The number of rotatable bonds is 5. The second-order valence-corrected chi connectivity index (χ2v) is 6.65. The molecule has 2 rings (SSSR count). The van der Waals surface area contributed by atoms with Crippen molar-refractivity contribution in [3.63, 3.8) is 0 Å². The molecular weight excluding hydrogens is 354 g/mol. The number of hydrogen-bond acceptors (Lipinski definition) is 4. The van der Waals surface area contributed by atoms with Crippen molar-refractivity contribution in [2.45, 2.75) is 25.0 Å². The summed E-state index contributed by atoms with van der Waals surface area (Å²) in [5.41, 5.74) is 0.714. The van der Waals surface area contributed by atoms with E-state index in [1.54, 1.807) is 12.1 Å². The van der Waals surface area contributed by atoms with E-state index < -0.39 is 5.25 Å². The van der Waals surface area contributed by atoms with Crippen LogP contribution in [0, 0.1) is 0 Å². The van der Waals surface area contributed by atoms with Gasteiger partial charge in [-0.1, -0.05) is 34.6 Å². The van der Waals surface area contributed by atoms with Crippen LogP contribution in [0.15, 0.2) is 33.7 Å². The first-order chi connectivity index (χ1) is 10.1. The number of halogens is 1. The maximum Gasteiger partial charge on any atom is 0.240 e. The lowest BCUT2D eigenvalue weighted by Crippen LogP contribution is -2.28. The number of hydrogen-bond donors (Lipinski definition) is 2. The smallest absolute Gasteiger partial charge is 0.240 e. The van der Waals surface area contributed by atoms with Crippen LogP contribution in [0.3, 0.4) is 0 Å². The second kappa shape index (κ2) is 7.61. The van der Waals surface area contributed by atoms with Crippen LogP contribution in [0.25, 0.3) is 0 Å². The first kappa shape index (κ1) is 16.0. The number of amides is 2. The van der Waals surface area contributed by atoms with Gasteiger partial charge in [0, 0.05) is 23.1 Å². The zero-order valence-electron chi connectivity index (χ0n) is 11.6. The minimum atomic E-state index is -0.406. The van der Waals surface area contributed by atoms with Gasteiger partial charge < -0.3 is 10.6 Å². The van der Waals surface area contributed by atoms with E-state index in [0.29, 0.717) is 17.4 Å². The van der Waals surface area contributed by atoms with Gasteiger partial charge >= 0.3 is 0 Å². The molecule has 2 N–H and O–H groups in total. The molecule has 1 fully saturated rings. The van der Waals surface area contributed by atoms with Crippen LogP contribution in [0.4, 0.5) is 5.69 Å². The van der Waals surface area contributed by atoms with Gasteiger partial charge in [-0.05, 0) is 30.7 Å². The van der Waals surface area contributed by atoms with E-state index in [9.17, 15) is 9.59 Å². The van der Waals surface area contributed by atoms with Crippen molar-refractivity contribution in [1.82, 2.24) is 5.32 Å². The van der Waals surface area contributed by atoms with E-state index in [4.69, 9.17) is 0 Å². The second-order valence-electron chi connectivity index (χ2n) is 4.54. The van der Waals surface area contributed by atoms with Crippen LogP contribution in [0.2, 0.25) is 0 Å². The van der Waals surface area contributed by atoms with E-state index in [1.165, 1.54) is 11.8 Å². The van der Waals surface area contributed by atoms with E-state index in [1.807, 2.05) is 19.1 Å². The SMILES string of the molecule is CCCN=C1NC(=O)C(CC(=O)Nc2ccc(Br)cc2)S1. The van der Waals surface area contributed by atoms with Gasteiger partial charge in [-0.25, -0.2) is 0 Å². The molecule has 1 atom stereocenters. The first-order valence-electron chi connectivity index (χ1n) is 6.66. The Hall–Kier alpha value is -1.34. The summed E-state index contributed by atoms with van der Waals surface area (Å²) in [5, 5.41) is 5.69. The highest BCUT2D eigenvalue weighted by atomic mass is 79.9. The van der Waals surface area contributed by atoms with Crippen LogP contribution < -0.4 is 10.6 Å². The van der Waals surface area contributed by atoms with Gasteiger partial charge in [0.2, 0.25) is 11.8 Å². The number of carbonyl (C=O) groups is 2. The Morgan fingerprint density at radius 1 is 1.43 bits per heavy atom. The Morgan fingerprint density at radius 2 is 2.14 bits per heavy atom. The molecule has 21 heavy (non-hydrogen) atoms. The average molecular weight is 370 g/mol. The molecule has 7 heteroatoms. The van der Waals surface area contributed by atoms with E-state index in [2.05, 4.69) is 31.6 Å². The van der Waals surface area contributed by atoms with Crippen LogP contribution in [-0.4, -0.2) is 28.8 Å². The van der Waals surface area contributed by atoms with Crippen LogP contribution in [0.1, 0.15) is 19.8 Å². The summed E-state index contributed by atoms with van der Waals surface area (Å²) in [6.07, 6.45) is 1.06. The van der Waals surface area contributed by atoms with Crippen LogP contribution >= 0.6 is 27.7 Å². The fourth-order valence-electron chi connectivity index (χ4n) is 1.74. The Morgan fingerprint density at radius 3 is 2.81 bits per heavy atom. The molecule has 1 saturated heterocycles. The van der Waals surface area contributed by atoms with Crippen LogP contribution in [-0.2, 0) is 9.59 Å². The summed E-state index contributed by atoms with van der Waals surface area (Å²) in [4.78, 5) is 28.0. The van der Waals surface area contributed by atoms with Crippen molar-refractivity contribution >= 4 is 50.4 Å². The molecule has 2 amide bonds. The van der Waals surface area contributed by atoms with Crippen molar-refractivity contribution in [3.8, 4) is 0 Å². The molecule has 0 radical (unpaired) electrons. The van der Waals surface area contributed by atoms with Gasteiger partial charge in [0.05, 0.1) is 0 Å². The number of anilines is 1. The summed E-state index contributed by atoms with van der Waals surface area (Å²) in [5.74, 6) is -0.331. The zero-order valence-corrected chi connectivity index (χ0v) is 14.0. The molecule has 1 aromatic carbocycles. The lowest BCUT2D eigenvalue weighted by molar-refractivity contribution is -0.122. The quantitative estimate of drug-likeness (QED) is 0.837. The normalized spacial score (nSPS) is 19.6. The molecule has 0 aromatic heterocycles. The molecule has 1 unspecified atom stereocenters. The van der Waals surface area contributed by atoms with Gasteiger partial charge in [-0.3, -0.25) is 14.6 Å². The van der Waals surface area contributed by atoms with Crippen molar-refractivity contribution < 1.29 is 9.59 Å². The Bertz CT molecular complexity index is 560. The Labute approximate surface area is 136 Å². The standard InChI is InChI=1S/C14H16BrN3O2S/c1-2-7-16-14-18-13(20)11(21-14)8-12(19)17-10-5-3-9(15)4-6-10/h3-6,11H,2,7-8H2,1H3,(H,17,19)(H,16,18,20). The van der Waals surface area contributed by atoms with Gasteiger partial charge in [0.15, 0.2) is 5.17 Å². The van der Waals surface area contributed by atoms with Gasteiger partial charge in [0.1, 0.15) is 5.25 Å². The average Bonchev–Trinajstić information content (AvgIpc) is 2.79. The summed E-state index contributed by atoms with van der Waals surface area (Å²) < 4.78 is 0.947. The molecule has 1 aliphatic rings. The number of amidine groups is 1. The summed E-state index contributed by atoms with van der Waals surface area (Å²) in [7, 11) is 0. The molecule has 0 aliphatic carbocycles. The fraction of sp³-hybridized carbons (Fsp3) is 0.357. The summed E-state index contributed by atoms with van der Waals surface area (Å²) in [6, 6.07) is 7.31. The van der Waals surface area contributed by atoms with Crippen molar-refractivity contribution in [1.29, 1.82) is 0 Å². The first-order valence-corrected chi connectivity index (χ1v) is 8.33. The molecule has 1 aromatic rings. The third-order valence-electron chi connectivity index (χ3n) is 2.75. The van der Waals surface area contributed by atoms with E-state index in [0.717, 1.165) is 10.9 Å². The molecule has 1 aliphatic heterocycles. The molecular formula is C14H16BrN3O2S. The van der Waals surface area contributed by atoms with Crippen molar-refractivity contribution in [2.24, 2.45) is 4.99 Å².